The summed E-state index contributed by atoms with van der Waals surface area (Å²) in [7, 11) is 0. The summed E-state index contributed by atoms with van der Waals surface area (Å²) < 4.78 is 8.75. The number of rotatable bonds is 0. The lowest BCUT2D eigenvalue weighted by molar-refractivity contribution is -0.178. The van der Waals surface area contributed by atoms with Crippen molar-refractivity contribution < 1.29 is 19.1 Å². The molecule has 0 atom stereocenters. The van der Waals surface area contributed by atoms with E-state index in [1.54, 1.807) is 0 Å². The van der Waals surface area contributed by atoms with Gasteiger partial charge in [0.2, 0.25) is 0 Å². The molecule has 0 aromatic carbocycles. The molecule has 5 nitrogen and oxygen atoms in total. The molecule has 0 aromatic heterocycles. The summed E-state index contributed by atoms with van der Waals surface area (Å²) in [6.45, 7) is 0. The molecule has 1 aliphatic heterocycles. The van der Waals surface area contributed by atoms with E-state index in [1.165, 1.54) is 0 Å². The predicted octanol–water partition coefficient (Wildman–Crippen LogP) is -0.891. The van der Waals surface area contributed by atoms with Crippen LogP contribution >= 0.6 is 0 Å². The number of nitrogens with two attached hydrogens (primary N) is 1. The zero-order chi connectivity index (χ0) is 7.56. The van der Waals surface area contributed by atoms with E-state index in [9.17, 15) is 9.59 Å². The quantitative estimate of drug-likeness (QED) is 0.447. The molecule has 0 unspecified atom stereocenters. The maximum atomic E-state index is 10.5. The van der Waals surface area contributed by atoms with E-state index in [0.717, 1.165) is 0 Å². The summed E-state index contributed by atoms with van der Waals surface area (Å²) in [4.78, 5) is 21.0. The minimum absolute atomic E-state index is 0.0481. The summed E-state index contributed by atoms with van der Waals surface area (Å²) in [6, 6.07) is 0. The van der Waals surface area contributed by atoms with E-state index in [2.05, 4.69) is 9.47 Å². The highest BCUT2D eigenvalue weighted by molar-refractivity contribution is 5.79. The standard InChI is InChI=1S/C5H7NO4/c6-5-9-3(7)1-2-4(8)10-5/h5H,1-2,6H2. The van der Waals surface area contributed by atoms with Gasteiger partial charge in [-0.15, -0.1) is 0 Å². The number of cyclic esters (lactones) is 2. The molecular weight excluding hydrogens is 138 g/mol. The molecule has 0 radical (unpaired) electrons. The molecular formula is C5H7NO4. The molecule has 0 bridgehead atoms. The highest BCUT2D eigenvalue weighted by Crippen LogP contribution is 2.04. The van der Waals surface area contributed by atoms with Crippen molar-refractivity contribution in [3.8, 4) is 0 Å². The fourth-order valence-electron chi connectivity index (χ4n) is 0.605. The van der Waals surface area contributed by atoms with E-state index in [0.29, 0.717) is 0 Å². The maximum Gasteiger partial charge on any atom is 0.310 e. The van der Waals surface area contributed by atoms with Crippen LogP contribution in [0.15, 0.2) is 0 Å². The van der Waals surface area contributed by atoms with E-state index in [4.69, 9.17) is 5.73 Å². The van der Waals surface area contributed by atoms with E-state index in [-0.39, 0.29) is 12.8 Å². The van der Waals surface area contributed by atoms with Crippen LogP contribution < -0.4 is 5.73 Å². The first-order chi connectivity index (χ1) is 4.68. The van der Waals surface area contributed by atoms with Crippen LogP contribution in [0.3, 0.4) is 0 Å². The first kappa shape index (κ1) is 7.01. The third-order valence-corrected chi connectivity index (χ3v) is 1.03. The lowest BCUT2D eigenvalue weighted by Crippen LogP contribution is -2.29. The number of ether oxygens (including phenoxy) is 2. The Balaban J connectivity index is 2.54. The average molecular weight is 145 g/mol. The van der Waals surface area contributed by atoms with Gasteiger partial charge in [-0.25, -0.2) is 0 Å². The second kappa shape index (κ2) is 2.66. The summed E-state index contributed by atoms with van der Waals surface area (Å²) in [5, 5.41) is 0. The Labute approximate surface area is 57.1 Å². The fraction of sp³-hybridized carbons (Fsp3) is 0.600. The van der Waals surface area contributed by atoms with E-state index < -0.39 is 18.4 Å². The van der Waals surface area contributed by atoms with Gasteiger partial charge in [-0.05, 0) is 0 Å². The van der Waals surface area contributed by atoms with Crippen molar-refractivity contribution in [3.05, 3.63) is 0 Å². The van der Waals surface area contributed by atoms with Crippen molar-refractivity contribution in [2.45, 2.75) is 19.3 Å². The van der Waals surface area contributed by atoms with Gasteiger partial charge in [0.15, 0.2) is 0 Å². The Morgan fingerprint density at radius 1 is 1.20 bits per heavy atom. The third-order valence-electron chi connectivity index (χ3n) is 1.03. The average Bonchev–Trinajstić information content (AvgIpc) is 1.93. The number of hydrogen-bond donors (Lipinski definition) is 1. The van der Waals surface area contributed by atoms with Crippen LogP contribution in [-0.4, -0.2) is 18.4 Å². The Morgan fingerprint density at radius 2 is 1.60 bits per heavy atom. The number of hydrogen-bond acceptors (Lipinski definition) is 5. The van der Waals surface area contributed by atoms with Crippen molar-refractivity contribution >= 4 is 11.9 Å². The van der Waals surface area contributed by atoms with Gasteiger partial charge in [0, 0.05) is 0 Å². The lowest BCUT2D eigenvalue weighted by Gasteiger charge is -2.07. The molecule has 56 valence electrons. The number of carbonyl (C=O) groups is 2. The van der Waals surface area contributed by atoms with Crippen molar-refractivity contribution in [2.24, 2.45) is 5.73 Å². The highest BCUT2D eigenvalue weighted by atomic mass is 16.7. The van der Waals surface area contributed by atoms with Crippen molar-refractivity contribution in [1.29, 1.82) is 0 Å². The first-order valence-corrected chi connectivity index (χ1v) is 2.83. The summed E-state index contributed by atoms with van der Waals surface area (Å²) in [6.07, 6.45) is -1.12. The molecule has 1 aliphatic rings. The van der Waals surface area contributed by atoms with Crippen LogP contribution in [-0.2, 0) is 19.1 Å². The second-order valence-electron chi connectivity index (χ2n) is 1.85. The molecule has 1 rings (SSSR count). The Kier molecular flexibility index (Phi) is 1.86. The van der Waals surface area contributed by atoms with Crippen molar-refractivity contribution in [2.75, 3.05) is 0 Å². The van der Waals surface area contributed by atoms with Gasteiger partial charge in [-0.2, -0.15) is 0 Å². The number of esters is 2. The monoisotopic (exact) mass is 145 g/mol. The molecule has 0 saturated carbocycles. The van der Waals surface area contributed by atoms with Gasteiger partial charge in [-0.1, -0.05) is 0 Å². The number of carbonyl (C=O) groups excluding carboxylic acids is 2. The van der Waals surface area contributed by atoms with Crippen LogP contribution in [0.4, 0.5) is 0 Å². The summed E-state index contributed by atoms with van der Waals surface area (Å²) in [5.41, 5.74) is 5.03. The van der Waals surface area contributed by atoms with Gasteiger partial charge >= 0.3 is 18.4 Å². The highest BCUT2D eigenvalue weighted by Gasteiger charge is 2.20. The summed E-state index contributed by atoms with van der Waals surface area (Å²) in [5.74, 6) is -1.00. The Morgan fingerprint density at radius 3 is 2.00 bits per heavy atom. The van der Waals surface area contributed by atoms with Gasteiger partial charge in [-0.3, -0.25) is 15.3 Å². The topological polar surface area (TPSA) is 78.6 Å². The molecule has 1 fully saturated rings. The van der Waals surface area contributed by atoms with Crippen LogP contribution in [0.2, 0.25) is 0 Å². The van der Waals surface area contributed by atoms with Crippen LogP contribution in [0.5, 0.6) is 0 Å². The zero-order valence-electron chi connectivity index (χ0n) is 5.20. The second-order valence-corrected chi connectivity index (χ2v) is 1.85. The zero-order valence-corrected chi connectivity index (χ0v) is 5.20. The smallest absolute Gasteiger partial charge is 0.310 e. The minimum atomic E-state index is -1.22. The molecule has 1 heterocycles. The molecule has 0 spiro atoms. The molecule has 1 saturated heterocycles. The van der Waals surface area contributed by atoms with Crippen LogP contribution in [0, 0.1) is 0 Å². The first-order valence-electron chi connectivity index (χ1n) is 2.83. The van der Waals surface area contributed by atoms with Gasteiger partial charge < -0.3 is 9.47 Å². The predicted molar refractivity (Wildman–Crippen MR) is 29.4 cm³/mol. The Hall–Kier alpha value is -1.10. The molecule has 0 aromatic rings. The maximum absolute atomic E-state index is 10.5. The Bertz CT molecular complexity index is 149. The van der Waals surface area contributed by atoms with Gasteiger partial charge in [0.05, 0.1) is 12.8 Å². The van der Waals surface area contributed by atoms with E-state index in [1.807, 2.05) is 0 Å². The van der Waals surface area contributed by atoms with Crippen molar-refractivity contribution in [3.63, 3.8) is 0 Å². The van der Waals surface area contributed by atoms with Gasteiger partial charge in [0.1, 0.15) is 0 Å². The largest absolute Gasteiger partial charge is 0.411 e. The molecule has 2 N–H and O–H groups in total. The molecule has 10 heavy (non-hydrogen) atoms. The lowest BCUT2D eigenvalue weighted by atomic mass is 10.3. The normalized spacial score (nSPS) is 21.3. The fourth-order valence-corrected chi connectivity index (χ4v) is 0.605. The van der Waals surface area contributed by atoms with Crippen molar-refractivity contribution in [1.82, 2.24) is 0 Å². The SMILES string of the molecule is NC1OC(=O)CCC(=O)O1. The van der Waals surface area contributed by atoms with E-state index >= 15 is 0 Å². The molecule has 0 amide bonds. The molecule has 0 aliphatic carbocycles. The minimum Gasteiger partial charge on any atom is -0.411 e. The van der Waals surface area contributed by atoms with Crippen LogP contribution in [0.25, 0.3) is 0 Å². The van der Waals surface area contributed by atoms with Crippen LogP contribution in [0.1, 0.15) is 12.8 Å². The van der Waals surface area contributed by atoms with Gasteiger partial charge in [0.25, 0.3) is 0 Å². The molecule has 5 heteroatoms. The third kappa shape index (κ3) is 1.70. The summed E-state index contributed by atoms with van der Waals surface area (Å²) >= 11 is 0.